The van der Waals surface area contributed by atoms with Crippen molar-refractivity contribution >= 4 is 11.9 Å². The zero-order valence-electron chi connectivity index (χ0n) is 12.0. The molecule has 114 valence electrons. The standard InChI is InChI=1S/C15H17F2NO3/c1-3-21-15(20)13-5-4-6-18(13)14(19)10-7-9(2)11(16)8-12(10)17/h7-8,13H,3-6H2,1-2H3. The normalized spacial score (nSPS) is 17.9. The van der Waals surface area contributed by atoms with E-state index in [0.29, 0.717) is 25.5 Å². The average molecular weight is 297 g/mol. The van der Waals surface area contributed by atoms with Crippen molar-refractivity contribution in [1.82, 2.24) is 4.90 Å². The van der Waals surface area contributed by atoms with Gasteiger partial charge in [-0.2, -0.15) is 0 Å². The van der Waals surface area contributed by atoms with Gasteiger partial charge in [-0.1, -0.05) is 0 Å². The first-order valence-corrected chi connectivity index (χ1v) is 6.89. The number of esters is 1. The Hall–Kier alpha value is -1.98. The first kappa shape index (κ1) is 15.4. The fourth-order valence-corrected chi connectivity index (χ4v) is 2.47. The van der Waals surface area contributed by atoms with Gasteiger partial charge in [-0.15, -0.1) is 0 Å². The van der Waals surface area contributed by atoms with Gasteiger partial charge in [-0.05, 0) is 38.3 Å². The van der Waals surface area contributed by atoms with Crippen LogP contribution in [0.2, 0.25) is 0 Å². The molecule has 21 heavy (non-hydrogen) atoms. The number of aryl methyl sites for hydroxylation is 1. The summed E-state index contributed by atoms with van der Waals surface area (Å²) in [7, 11) is 0. The summed E-state index contributed by atoms with van der Waals surface area (Å²) in [4.78, 5) is 25.5. The highest BCUT2D eigenvalue weighted by Gasteiger charge is 2.36. The van der Waals surface area contributed by atoms with Crippen LogP contribution in [-0.2, 0) is 9.53 Å². The maximum atomic E-state index is 13.8. The monoisotopic (exact) mass is 297 g/mol. The molecule has 1 aliphatic rings. The number of hydrogen-bond acceptors (Lipinski definition) is 3. The van der Waals surface area contributed by atoms with E-state index in [2.05, 4.69) is 0 Å². The molecule has 0 aromatic heterocycles. The summed E-state index contributed by atoms with van der Waals surface area (Å²) < 4.78 is 32.0. The molecule has 6 heteroatoms. The van der Waals surface area contributed by atoms with E-state index in [-0.39, 0.29) is 17.7 Å². The van der Waals surface area contributed by atoms with Crippen LogP contribution in [0.5, 0.6) is 0 Å². The van der Waals surface area contributed by atoms with E-state index in [1.807, 2.05) is 0 Å². The van der Waals surface area contributed by atoms with Crippen LogP contribution in [0.15, 0.2) is 12.1 Å². The van der Waals surface area contributed by atoms with Crippen molar-refractivity contribution in [1.29, 1.82) is 0 Å². The summed E-state index contributed by atoms with van der Waals surface area (Å²) in [5.41, 5.74) is -0.0308. The Morgan fingerprint density at radius 3 is 2.71 bits per heavy atom. The number of likely N-dealkylation sites (tertiary alicyclic amines) is 1. The van der Waals surface area contributed by atoms with Gasteiger partial charge in [0.05, 0.1) is 12.2 Å². The Labute approximate surface area is 121 Å². The minimum absolute atomic E-state index is 0.187. The Kier molecular flexibility index (Phi) is 4.55. The fraction of sp³-hybridized carbons (Fsp3) is 0.467. The van der Waals surface area contributed by atoms with Crippen LogP contribution in [0.25, 0.3) is 0 Å². The van der Waals surface area contributed by atoms with Crippen LogP contribution in [0.3, 0.4) is 0 Å². The van der Waals surface area contributed by atoms with Crippen molar-refractivity contribution in [3.8, 4) is 0 Å². The van der Waals surface area contributed by atoms with E-state index in [9.17, 15) is 18.4 Å². The Morgan fingerprint density at radius 1 is 1.33 bits per heavy atom. The van der Waals surface area contributed by atoms with Crippen molar-refractivity contribution in [3.05, 3.63) is 34.9 Å². The van der Waals surface area contributed by atoms with Gasteiger partial charge in [-0.25, -0.2) is 13.6 Å². The number of ether oxygens (including phenoxy) is 1. The van der Waals surface area contributed by atoms with Crippen molar-refractivity contribution in [2.75, 3.05) is 13.2 Å². The molecule has 1 fully saturated rings. The Balaban J connectivity index is 2.27. The summed E-state index contributed by atoms with van der Waals surface area (Å²) in [5, 5.41) is 0. The maximum absolute atomic E-state index is 13.8. The fourth-order valence-electron chi connectivity index (χ4n) is 2.47. The first-order chi connectivity index (χ1) is 9.95. The van der Waals surface area contributed by atoms with Gasteiger partial charge in [-0.3, -0.25) is 4.79 Å². The smallest absolute Gasteiger partial charge is 0.328 e. The second kappa shape index (κ2) is 6.20. The number of carbonyl (C=O) groups excluding carboxylic acids is 2. The zero-order valence-corrected chi connectivity index (χ0v) is 12.0. The van der Waals surface area contributed by atoms with Crippen LogP contribution in [-0.4, -0.2) is 36.0 Å². The third-order valence-corrected chi connectivity index (χ3v) is 3.55. The van der Waals surface area contributed by atoms with Gasteiger partial charge >= 0.3 is 5.97 Å². The largest absolute Gasteiger partial charge is 0.464 e. The number of hydrogen-bond donors (Lipinski definition) is 0. The SMILES string of the molecule is CCOC(=O)C1CCCN1C(=O)c1cc(C)c(F)cc1F. The summed E-state index contributed by atoms with van der Waals surface area (Å²) in [5.74, 6) is -2.71. The van der Waals surface area contributed by atoms with Gasteiger partial charge in [0.2, 0.25) is 0 Å². The number of nitrogens with zero attached hydrogens (tertiary/aromatic N) is 1. The number of benzene rings is 1. The predicted octanol–water partition coefficient (Wildman–Crippen LogP) is 2.44. The van der Waals surface area contributed by atoms with Gasteiger partial charge < -0.3 is 9.64 Å². The molecule has 0 saturated carbocycles. The lowest BCUT2D eigenvalue weighted by atomic mass is 10.1. The molecule has 1 atom stereocenters. The summed E-state index contributed by atoms with van der Waals surface area (Å²) in [6, 6.07) is 1.17. The molecule has 1 saturated heterocycles. The molecule has 1 unspecified atom stereocenters. The molecule has 1 amide bonds. The van der Waals surface area contributed by atoms with Crippen LogP contribution in [0.4, 0.5) is 8.78 Å². The summed E-state index contributed by atoms with van der Waals surface area (Å²) >= 11 is 0. The van der Waals surface area contributed by atoms with Crippen LogP contribution >= 0.6 is 0 Å². The molecule has 1 aromatic rings. The molecule has 0 spiro atoms. The predicted molar refractivity (Wildman–Crippen MR) is 71.8 cm³/mol. The van der Waals surface area contributed by atoms with Gasteiger partial charge in [0, 0.05) is 12.6 Å². The van der Waals surface area contributed by atoms with Crippen LogP contribution in [0.1, 0.15) is 35.7 Å². The van der Waals surface area contributed by atoms with Crippen molar-refractivity contribution in [2.24, 2.45) is 0 Å². The number of amides is 1. The van der Waals surface area contributed by atoms with Crippen LogP contribution < -0.4 is 0 Å². The number of rotatable bonds is 3. The highest BCUT2D eigenvalue weighted by atomic mass is 19.1. The minimum Gasteiger partial charge on any atom is -0.464 e. The molecular formula is C15H17F2NO3. The summed E-state index contributed by atoms with van der Waals surface area (Å²) in [6.45, 7) is 3.72. The number of halogens is 2. The van der Waals surface area contributed by atoms with Gasteiger partial charge in [0.15, 0.2) is 0 Å². The van der Waals surface area contributed by atoms with E-state index in [1.54, 1.807) is 6.92 Å². The lowest BCUT2D eigenvalue weighted by Gasteiger charge is -2.23. The lowest BCUT2D eigenvalue weighted by Crippen LogP contribution is -2.41. The Bertz CT molecular complexity index is 574. The van der Waals surface area contributed by atoms with Crippen LogP contribution in [0, 0.1) is 18.6 Å². The maximum Gasteiger partial charge on any atom is 0.328 e. The van der Waals surface area contributed by atoms with Gasteiger partial charge in [0.1, 0.15) is 17.7 Å². The first-order valence-electron chi connectivity index (χ1n) is 6.89. The van der Waals surface area contributed by atoms with Crippen molar-refractivity contribution in [2.45, 2.75) is 32.7 Å². The molecule has 1 aliphatic heterocycles. The average Bonchev–Trinajstić information content (AvgIpc) is 2.91. The molecule has 0 bridgehead atoms. The third-order valence-electron chi connectivity index (χ3n) is 3.55. The highest BCUT2D eigenvalue weighted by molar-refractivity contribution is 5.97. The molecule has 1 aromatic carbocycles. The summed E-state index contributed by atoms with van der Waals surface area (Å²) in [6.07, 6.45) is 1.14. The van der Waals surface area contributed by atoms with E-state index < -0.39 is 29.6 Å². The van der Waals surface area contributed by atoms with E-state index in [4.69, 9.17) is 4.74 Å². The van der Waals surface area contributed by atoms with Crippen molar-refractivity contribution in [3.63, 3.8) is 0 Å². The van der Waals surface area contributed by atoms with E-state index >= 15 is 0 Å². The zero-order chi connectivity index (χ0) is 15.6. The number of carbonyl (C=O) groups is 2. The molecule has 4 nitrogen and oxygen atoms in total. The molecule has 2 rings (SSSR count). The van der Waals surface area contributed by atoms with Crippen molar-refractivity contribution < 1.29 is 23.1 Å². The molecule has 1 heterocycles. The van der Waals surface area contributed by atoms with E-state index in [0.717, 1.165) is 0 Å². The molecular weight excluding hydrogens is 280 g/mol. The quantitative estimate of drug-likeness (QED) is 0.805. The lowest BCUT2D eigenvalue weighted by molar-refractivity contribution is -0.147. The second-order valence-corrected chi connectivity index (χ2v) is 4.99. The van der Waals surface area contributed by atoms with E-state index in [1.165, 1.54) is 17.9 Å². The van der Waals surface area contributed by atoms with Gasteiger partial charge in [0.25, 0.3) is 5.91 Å². The second-order valence-electron chi connectivity index (χ2n) is 4.99. The highest BCUT2D eigenvalue weighted by Crippen LogP contribution is 2.23. The minimum atomic E-state index is -0.919. The Morgan fingerprint density at radius 2 is 2.05 bits per heavy atom. The topological polar surface area (TPSA) is 46.6 Å². The molecule has 0 aliphatic carbocycles. The molecule has 0 N–H and O–H groups in total. The molecule has 0 radical (unpaired) electrons. The third kappa shape index (κ3) is 3.04.